The second-order valence-corrected chi connectivity index (χ2v) is 9.62. The van der Waals surface area contributed by atoms with Gasteiger partial charge in [0.25, 0.3) is 0 Å². The van der Waals surface area contributed by atoms with Crippen molar-refractivity contribution in [2.75, 3.05) is 26.3 Å². The third kappa shape index (κ3) is 5.07. The van der Waals surface area contributed by atoms with E-state index >= 15 is 0 Å². The number of carbonyl (C=O) groups is 1. The molecule has 3 aliphatic rings. The van der Waals surface area contributed by atoms with Crippen molar-refractivity contribution in [3.8, 4) is 0 Å². The van der Waals surface area contributed by atoms with Gasteiger partial charge < -0.3 is 4.74 Å². The molecule has 1 saturated heterocycles. The summed E-state index contributed by atoms with van der Waals surface area (Å²) < 4.78 is 5.45. The van der Waals surface area contributed by atoms with E-state index < -0.39 is 0 Å². The lowest BCUT2D eigenvalue weighted by molar-refractivity contribution is 0.0982. The van der Waals surface area contributed by atoms with Gasteiger partial charge in [-0.2, -0.15) is 0 Å². The van der Waals surface area contributed by atoms with E-state index in [-0.39, 0.29) is 5.78 Å². The molecule has 31 heavy (non-hydrogen) atoms. The van der Waals surface area contributed by atoms with Gasteiger partial charge in [0.15, 0.2) is 5.78 Å². The minimum Gasteiger partial charge on any atom is -0.381 e. The summed E-state index contributed by atoms with van der Waals surface area (Å²) >= 11 is 0. The molecule has 0 N–H and O–H groups in total. The average molecular weight is 419 g/mol. The molecule has 2 aromatic rings. The number of ketones is 1. The highest BCUT2D eigenvalue weighted by Crippen LogP contribution is 2.28. The van der Waals surface area contributed by atoms with Crippen molar-refractivity contribution in [2.45, 2.75) is 63.8 Å². The van der Waals surface area contributed by atoms with Gasteiger partial charge in [-0.25, -0.2) is 0 Å². The van der Waals surface area contributed by atoms with Gasteiger partial charge in [-0.15, -0.1) is 0 Å². The Kier molecular flexibility index (Phi) is 6.47. The molecule has 2 fully saturated rings. The Bertz CT molecular complexity index is 898. The van der Waals surface area contributed by atoms with Crippen LogP contribution in [0, 0.1) is 5.92 Å². The van der Waals surface area contributed by atoms with Gasteiger partial charge >= 0.3 is 0 Å². The van der Waals surface area contributed by atoms with Gasteiger partial charge in [-0.05, 0) is 79.7 Å². The molecule has 164 valence electrons. The van der Waals surface area contributed by atoms with Crippen LogP contribution in [0.3, 0.4) is 0 Å². The maximum Gasteiger partial charge on any atom is 0.164 e. The van der Waals surface area contributed by atoms with Crippen molar-refractivity contribution in [1.29, 1.82) is 0 Å². The molecule has 1 atom stereocenters. The third-order valence-electron chi connectivity index (χ3n) is 7.51. The van der Waals surface area contributed by atoms with E-state index in [0.717, 1.165) is 62.6 Å². The molecule has 0 bridgehead atoms. The summed E-state index contributed by atoms with van der Waals surface area (Å²) in [5.41, 5.74) is 6.08. The first kappa shape index (κ1) is 20.8. The minimum atomic E-state index is 0.189. The predicted octanol–water partition coefficient (Wildman–Crippen LogP) is 4.43. The van der Waals surface area contributed by atoms with Crippen molar-refractivity contribution >= 4 is 5.78 Å². The van der Waals surface area contributed by atoms with Gasteiger partial charge in [-0.1, -0.05) is 24.6 Å². The van der Waals surface area contributed by atoms with Crippen molar-refractivity contribution in [3.05, 3.63) is 64.5 Å². The minimum absolute atomic E-state index is 0.189. The fourth-order valence-electron chi connectivity index (χ4n) is 5.22. The summed E-state index contributed by atoms with van der Waals surface area (Å²) in [5, 5.41) is 0. The smallest absolute Gasteiger partial charge is 0.164 e. The lowest BCUT2D eigenvalue weighted by Gasteiger charge is -2.36. The number of nitrogens with zero attached hydrogens (tertiary/aromatic N) is 2. The number of Topliss-reactive ketones (excluding diaryl/α,β-unsaturated/α-hetero) is 1. The summed E-state index contributed by atoms with van der Waals surface area (Å²) in [6.07, 6.45) is 11.7. The number of benzene rings is 1. The molecular weight excluding hydrogens is 384 g/mol. The van der Waals surface area contributed by atoms with E-state index in [1.54, 1.807) is 6.20 Å². The zero-order valence-corrected chi connectivity index (χ0v) is 18.5. The van der Waals surface area contributed by atoms with E-state index in [0.29, 0.717) is 12.3 Å². The molecule has 4 nitrogen and oxygen atoms in total. The van der Waals surface area contributed by atoms with Crippen molar-refractivity contribution < 1.29 is 9.53 Å². The molecule has 4 heteroatoms. The fourth-order valence-corrected chi connectivity index (χ4v) is 5.22. The highest BCUT2D eigenvalue weighted by molar-refractivity contribution is 5.95. The molecule has 1 aliphatic carbocycles. The second-order valence-electron chi connectivity index (χ2n) is 9.62. The molecule has 0 spiro atoms. The predicted molar refractivity (Wildman–Crippen MR) is 123 cm³/mol. The Labute approximate surface area is 186 Å². The average Bonchev–Trinajstić information content (AvgIpc) is 3.18. The number of fused-ring (bicyclic) bond motifs is 1. The number of carbonyl (C=O) groups excluding carboxylic acids is 1. The van der Waals surface area contributed by atoms with Crippen LogP contribution in [0.25, 0.3) is 0 Å². The Morgan fingerprint density at radius 2 is 1.94 bits per heavy atom. The van der Waals surface area contributed by atoms with Crippen molar-refractivity contribution in [2.24, 2.45) is 5.92 Å². The molecule has 1 saturated carbocycles. The van der Waals surface area contributed by atoms with Crippen LogP contribution in [0.4, 0.5) is 0 Å². The Balaban J connectivity index is 1.15. The number of aromatic nitrogens is 1. The van der Waals surface area contributed by atoms with Gasteiger partial charge in [0.2, 0.25) is 0 Å². The van der Waals surface area contributed by atoms with Gasteiger partial charge in [0.1, 0.15) is 0 Å². The van der Waals surface area contributed by atoms with Crippen LogP contribution < -0.4 is 0 Å². The standard InChI is InChI=1S/C27H34N2O2/c30-27(24-7-8-25(28-18-24)17-21-12-15-31-19-21)9-5-20-4-6-22-10-13-29(26-2-1-3-26)14-11-23(22)16-20/h4,6-8,16,18,21,26H,1-3,5,9-15,17,19H2/t21-/m1/s1. The molecule has 0 unspecified atom stereocenters. The Hall–Kier alpha value is -2.04. The quantitative estimate of drug-likeness (QED) is 0.624. The van der Waals surface area contributed by atoms with Crippen molar-refractivity contribution in [3.63, 3.8) is 0 Å². The normalized spacial score (nSPS) is 22.0. The number of ether oxygens (including phenoxy) is 1. The third-order valence-corrected chi connectivity index (χ3v) is 7.51. The second kappa shape index (κ2) is 9.62. The SMILES string of the molecule is O=C(CCc1ccc2c(c1)CCN(C1CCC1)CC2)c1ccc(C[C@H]2CCOC2)nc1. The zero-order chi connectivity index (χ0) is 21.0. The number of pyridine rings is 1. The molecule has 5 rings (SSSR count). The van der Waals surface area contributed by atoms with Crippen LogP contribution in [-0.4, -0.2) is 48.0 Å². The van der Waals surface area contributed by atoms with Gasteiger partial charge in [0, 0.05) is 56.2 Å². The molecule has 1 aromatic carbocycles. The Morgan fingerprint density at radius 3 is 2.65 bits per heavy atom. The summed E-state index contributed by atoms with van der Waals surface area (Å²) in [6, 6.07) is 11.7. The first-order valence-corrected chi connectivity index (χ1v) is 12.2. The van der Waals surface area contributed by atoms with Gasteiger partial charge in [0.05, 0.1) is 0 Å². The van der Waals surface area contributed by atoms with E-state index in [9.17, 15) is 4.79 Å². The molecule has 3 heterocycles. The lowest BCUT2D eigenvalue weighted by atomic mass is 9.91. The fraction of sp³-hybridized carbons (Fsp3) is 0.556. The summed E-state index contributed by atoms with van der Waals surface area (Å²) in [6.45, 7) is 4.09. The Morgan fingerprint density at radius 1 is 1.06 bits per heavy atom. The van der Waals surface area contributed by atoms with E-state index in [1.807, 2.05) is 12.1 Å². The maximum absolute atomic E-state index is 12.7. The monoisotopic (exact) mass is 418 g/mol. The van der Waals surface area contributed by atoms with Crippen LogP contribution in [0.2, 0.25) is 0 Å². The first-order chi connectivity index (χ1) is 15.2. The molecule has 1 aromatic heterocycles. The van der Waals surface area contributed by atoms with Crippen LogP contribution in [0.15, 0.2) is 36.5 Å². The summed E-state index contributed by atoms with van der Waals surface area (Å²) in [7, 11) is 0. The summed E-state index contributed by atoms with van der Waals surface area (Å²) in [5.74, 6) is 0.761. The van der Waals surface area contributed by atoms with Crippen LogP contribution in [-0.2, 0) is 30.4 Å². The van der Waals surface area contributed by atoms with Crippen LogP contribution in [0.5, 0.6) is 0 Å². The van der Waals surface area contributed by atoms with E-state index in [2.05, 4.69) is 28.1 Å². The number of aryl methyl sites for hydroxylation is 1. The molecule has 2 aliphatic heterocycles. The number of hydrogen-bond donors (Lipinski definition) is 0. The van der Waals surface area contributed by atoms with Gasteiger partial charge in [-0.3, -0.25) is 14.7 Å². The van der Waals surface area contributed by atoms with E-state index in [1.165, 1.54) is 49.0 Å². The summed E-state index contributed by atoms with van der Waals surface area (Å²) in [4.78, 5) is 19.9. The highest BCUT2D eigenvalue weighted by Gasteiger charge is 2.26. The molecule has 0 amide bonds. The van der Waals surface area contributed by atoms with Crippen LogP contribution >= 0.6 is 0 Å². The van der Waals surface area contributed by atoms with Crippen LogP contribution in [0.1, 0.15) is 64.8 Å². The number of hydrogen-bond acceptors (Lipinski definition) is 4. The molecule has 0 radical (unpaired) electrons. The lowest BCUT2D eigenvalue weighted by Crippen LogP contribution is -2.41. The van der Waals surface area contributed by atoms with Crippen molar-refractivity contribution in [1.82, 2.24) is 9.88 Å². The molecular formula is C27H34N2O2. The highest BCUT2D eigenvalue weighted by atomic mass is 16.5. The largest absolute Gasteiger partial charge is 0.381 e. The topological polar surface area (TPSA) is 42.4 Å². The number of rotatable bonds is 7. The van der Waals surface area contributed by atoms with E-state index in [4.69, 9.17) is 4.74 Å². The first-order valence-electron chi connectivity index (χ1n) is 12.2. The maximum atomic E-state index is 12.7. The zero-order valence-electron chi connectivity index (χ0n) is 18.5.